The second-order valence-electron chi connectivity index (χ2n) is 7.94. The summed E-state index contributed by atoms with van der Waals surface area (Å²) < 4.78 is 11.3. The molecule has 3 aromatic rings. The van der Waals surface area contributed by atoms with Crippen LogP contribution in [0.2, 0.25) is 0 Å². The van der Waals surface area contributed by atoms with Crippen molar-refractivity contribution in [3.8, 4) is 17.2 Å². The molecule has 0 spiro atoms. The van der Waals surface area contributed by atoms with E-state index in [4.69, 9.17) is 9.47 Å². The second-order valence-corrected chi connectivity index (χ2v) is 7.94. The van der Waals surface area contributed by atoms with E-state index in [1.165, 1.54) is 11.1 Å². The summed E-state index contributed by atoms with van der Waals surface area (Å²) in [4.78, 5) is 26.9. The Bertz CT molecular complexity index is 1140. The molecule has 1 atom stereocenters. The van der Waals surface area contributed by atoms with Crippen molar-refractivity contribution in [2.24, 2.45) is 5.92 Å². The van der Waals surface area contributed by atoms with Crippen LogP contribution in [0.15, 0.2) is 66.7 Å². The van der Waals surface area contributed by atoms with E-state index in [0.29, 0.717) is 29.4 Å². The molecular weight excluding hydrogens is 404 g/mol. The second kappa shape index (κ2) is 9.14. The lowest BCUT2D eigenvalue weighted by Gasteiger charge is -2.19. The minimum Gasteiger partial charge on any atom is -0.495 e. The molecule has 6 nitrogen and oxygen atoms in total. The Balaban J connectivity index is 1.38. The lowest BCUT2D eigenvalue weighted by Crippen LogP contribution is -2.28. The first-order valence-electron chi connectivity index (χ1n) is 10.5. The SMILES string of the molecule is COc1ccccc1N1C[C@H](C(=O)Nc2ccc(Oc3ccc(C)c(C)c3)cc2)CC1=O. The van der Waals surface area contributed by atoms with Crippen molar-refractivity contribution in [2.45, 2.75) is 20.3 Å². The number of amides is 2. The summed E-state index contributed by atoms with van der Waals surface area (Å²) >= 11 is 0. The molecule has 1 aliphatic heterocycles. The number of nitrogens with one attached hydrogen (secondary N) is 1. The number of carbonyl (C=O) groups is 2. The largest absolute Gasteiger partial charge is 0.495 e. The van der Waals surface area contributed by atoms with Gasteiger partial charge in [-0.25, -0.2) is 0 Å². The number of nitrogens with zero attached hydrogens (tertiary/aromatic N) is 1. The number of ether oxygens (including phenoxy) is 2. The number of carbonyl (C=O) groups excluding carboxylic acids is 2. The number of rotatable bonds is 6. The summed E-state index contributed by atoms with van der Waals surface area (Å²) in [6, 6.07) is 20.5. The molecule has 0 bridgehead atoms. The highest BCUT2D eigenvalue weighted by Crippen LogP contribution is 2.33. The van der Waals surface area contributed by atoms with Gasteiger partial charge in [0, 0.05) is 18.7 Å². The molecule has 1 fully saturated rings. The van der Waals surface area contributed by atoms with Gasteiger partial charge >= 0.3 is 0 Å². The third-order valence-electron chi connectivity index (χ3n) is 5.71. The zero-order valence-electron chi connectivity index (χ0n) is 18.4. The Morgan fingerprint density at radius 3 is 2.41 bits per heavy atom. The average Bonchev–Trinajstić information content (AvgIpc) is 3.19. The van der Waals surface area contributed by atoms with Crippen LogP contribution in [-0.2, 0) is 9.59 Å². The van der Waals surface area contributed by atoms with E-state index >= 15 is 0 Å². The molecule has 3 aromatic carbocycles. The monoisotopic (exact) mass is 430 g/mol. The molecule has 0 unspecified atom stereocenters. The standard InChI is InChI=1S/C26H26N2O4/c1-17-8-11-22(14-18(17)2)32-21-12-9-20(10-13-21)27-26(30)19-15-25(29)28(16-19)23-6-4-5-7-24(23)31-3/h4-14,19H,15-16H2,1-3H3,(H,27,30)/t19-/m1/s1. The number of benzene rings is 3. The van der Waals surface area contributed by atoms with Gasteiger partial charge in [0.15, 0.2) is 0 Å². The molecule has 1 aliphatic rings. The molecule has 32 heavy (non-hydrogen) atoms. The summed E-state index contributed by atoms with van der Waals surface area (Å²) in [7, 11) is 1.57. The van der Waals surface area contributed by atoms with Gasteiger partial charge < -0.3 is 19.7 Å². The van der Waals surface area contributed by atoms with E-state index in [1.54, 1.807) is 30.2 Å². The Morgan fingerprint density at radius 1 is 0.969 bits per heavy atom. The zero-order valence-corrected chi connectivity index (χ0v) is 18.4. The van der Waals surface area contributed by atoms with Gasteiger partial charge in [0.2, 0.25) is 11.8 Å². The zero-order chi connectivity index (χ0) is 22.7. The van der Waals surface area contributed by atoms with Crippen molar-refractivity contribution in [1.29, 1.82) is 0 Å². The van der Waals surface area contributed by atoms with E-state index in [-0.39, 0.29) is 18.2 Å². The predicted octanol–water partition coefficient (Wildman–Crippen LogP) is 5.10. The van der Waals surface area contributed by atoms with Gasteiger partial charge in [-0.05, 0) is 73.5 Å². The molecule has 1 N–H and O–H groups in total. The lowest BCUT2D eigenvalue weighted by molar-refractivity contribution is -0.122. The molecule has 6 heteroatoms. The Hall–Kier alpha value is -3.80. The van der Waals surface area contributed by atoms with Crippen LogP contribution < -0.4 is 19.7 Å². The molecule has 1 heterocycles. The van der Waals surface area contributed by atoms with Gasteiger partial charge in [0.05, 0.1) is 18.7 Å². The molecule has 4 rings (SSSR count). The molecule has 2 amide bonds. The van der Waals surface area contributed by atoms with Crippen LogP contribution in [0.3, 0.4) is 0 Å². The van der Waals surface area contributed by atoms with Crippen LogP contribution in [0.25, 0.3) is 0 Å². The summed E-state index contributed by atoms with van der Waals surface area (Å²) in [6.07, 6.45) is 0.165. The normalized spacial score (nSPS) is 15.5. The molecule has 0 radical (unpaired) electrons. The Morgan fingerprint density at radius 2 is 1.69 bits per heavy atom. The first kappa shape index (κ1) is 21.4. The third kappa shape index (κ3) is 4.59. The summed E-state index contributed by atoms with van der Waals surface area (Å²) in [5.41, 5.74) is 3.72. The maximum Gasteiger partial charge on any atom is 0.229 e. The fourth-order valence-electron chi connectivity index (χ4n) is 3.73. The number of hydrogen-bond donors (Lipinski definition) is 1. The van der Waals surface area contributed by atoms with Crippen LogP contribution in [0, 0.1) is 19.8 Å². The van der Waals surface area contributed by atoms with Gasteiger partial charge in [-0.2, -0.15) is 0 Å². The summed E-state index contributed by atoms with van der Waals surface area (Å²) in [5.74, 6) is 1.36. The molecule has 0 saturated carbocycles. The number of hydrogen-bond acceptors (Lipinski definition) is 4. The third-order valence-corrected chi connectivity index (χ3v) is 5.71. The van der Waals surface area contributed by atoms with Crippen molar-refractivity contribution in [2.75, 3.05) is 23.9 Å². The highest BCUT2D eigenvalue weighted by atomic mass is 16.5. The molecule has 0 aliphatic carbocycles. The number of aryl methyl sites for hydroxylation is 2. The fourth-order valence-corrected chi connectivity index (χ4v) is 3.73. The van der Waals surface area contributed by atoms with Crippen molar-refractivity contribution >= 4 is 23.2 Å². The topological polar surface area (TPSA) is 67.9 Å². The highest BCUT2D eigenvalue weighted by Gasteiger charge is 2.36. The highest BCUT2D eigenvalue weighted by molar-refractivity contribution is 6.04. The number of methoxy groups -OCH3 is 1. The van der Waals surface area contributed by atoms with Crippen LogP contribution in [0.4, 0.5) is 11.4 Å². The van der Waals surface area contributed by atoms with E-state index in [9.17, 15) is 9.59 Å². The first-order valence-corrected chi connectivity index (χ1v) is 10.5. The summed E-state index contributed by atoms with van der Waals surface area (Å²) in [5, 5.41) is 2.91. The van der Waals surface area contributed by atoms with Gasteiger partial charge in [-0.3, -0.25) is 9.59 Å². The maximum atomic E-state index is 12.8. The quantitative estimate of drug-likeness (QED) is 0.591. The van der Waals surface area contributed by atoms with E-state index in [1.807, 2.05) is 55.5 Å². The smallest absolute Gasteiger partial charge is 0.229 e. The van der Waals surface area contributed by atoms with E-state index in [0.717, 1.165) is 5.75 Å². The van der Waals surface area contributed by atoms with E-state index < -0.39 is 5.92 Å². The van der Waals surface area contributed by atoms with Crippen molar-refractivity contribution in [1.82, 2.24) is 0 Å². The van der Waals surface area contributed by atoms with Gasteiger partial charge in [0.25, 0.3) is 0 Å². The van der Waals surface area contributed by atoms with Crippen LogP contribution in [-0.4, -0.2) is 25.5 Å². The van der Waals surface area contributed by atoms with Gasteiger partial charge in [-0.15, -0.1) is 0 Å². The predicted molar refractivity (Wildman–Crippen MR) is 125 cm³/mol. The minimum absolute atomic E-state index is 0.0909. The minimum atomic E-state index is -0.432. The van der Waals surface area contributed by atoms with Gasteiger partial charge in [-0.1, -0.05) is 18.2 Å². The van der Waals surface area contributed by atoms with Crippen molar-refractivity contribution in [3.05, 3.63) is 77.9 Å². The molecule has 164 valence electrons. The van der Waals surface area contributed by atoms with Crippen molar-refractivity contribution in [3.63, 3.8) is 0 Å². The summed E-state index contributed by atoms with van der Waals surface area (Å²) in [6.45, 7) is 4.42. The van der Waals surface area contributed by atoms with Gasteiger partial charge in [0.1, 0.15) is 17.2 Å². The van der Waals surface area contributed by atoms with Crippen LogP contribution >= 0.6 is 0 Å². The van der Waals surface area contributed by atoms with Crippen molar-refractivity contribution < 1.29 is 19.1 Å². The first-order chi connectivity index (χ1) is 15.4. The maximum absolute atomic E-state index is 12.8. The lowest BCUT2D eigenvalue weighted by atomic mass is 10.1. The number of anilines is 2. The van der Waals surface area contributed by atoms with E-state index in [2.05, 4.69) is 12.2 Å². The molecule has 1 saturated heterocycles. The van der Waals surface area contributed by atoms with Crippen LogP contribution in [0.5, 0.6) is 17.2 Å². The molecular formula is C26H26N2O4. The van der Waals surface area contributed by atoms with Crippen LogP contribution in [0.1, 0.15) is 17.5 Å². The number of para-hydroxylation sites is 2. The molecule has 0 aromatic heterocycles. The average molecular weight is 431 g/mol. The fraction of sp³-hybridized carbons (Fsp3) is 0.231. The Labute approximate surface area is 187 Å². The Kier molecular flexibility index (Phi) is 6.12.